The zero-order valence-corrected chi connectivity index (χ0v) is 11.4. The third-order valence-electron chi connectivity index (χ3n) is 2.84. The number of hydrogen-bond acceptors (Lipinski definition) is 2. The van der Waals surface area contributed by atoms with Crippen LogP contribution >= 0.6 is 0 Å². The summed E-state index contributed by atoms with van der Waals surface area (Å²) in [4.78, 5) is 6.71. The van der Waals surface area contributed by atoms with Crippen molar-refractivity contribution in [2.75, 3.05) is 13.1 Å². The van der Waals surface area contributed by atoms with E-state index in [1.807, 2.05) is 6.08 Å². The van der Waals surface area contributed by atoms with E-state index in [0.29, 0.717) is 12.0 Å². The monoisotopic (exact) mass is 224 g/mol. The summed E-state index contributed by atoms with van der Waals surface area (Å²) in [6.45, 7) is 18.8. The summed E-state index contributed by atoms with van der Waals surface area (Å²) in [6, 6.07) is 0.618. The topological polar surface area (TPSA) is 15.6 Å². The van der Waals surface area contributed by atoms with Gasteiger partial charge < -0.3 is 0 Å². The highest BCUT2D eigenvalue weighted by Crippen LogP contribution is 2.15. The summed E-state index contributed by atoms with van der Waals surface area (Å²) in [5, 5.41) is 0. The van der Waals surface area contributed by atoms with Crippen molar-refractivity contribution in [2.24, 2.45) is 10.9 Å². The van der Waals surface area contributed by atoms with Crippen LogP contribution in [0.2, 0.25) is 0 Å². The van der Waals surface area contributed by atoms with Crippen LogP contribution in [0.3, 0.4) is 0 Å². The normalized spacial score (nSPS) is 15.1. The molecule has 0 radical (unpaired) electrons. The Kier molecular flexibility index (Phi) is 8.18. The molecular formula is C14H28N2. The molecule has 2 unspecified atom stereocenters. The van der Waals surface area contributed by atoms with Crippen LogP contribution in [0.5, 0.6) is 0 Å². The highest BCUT2D eigenvalue weighted by atomic mass is 15.2. The predicted octanol–water partition coefficient (Wildman–Crippen LogP) is 3.39. The van der Waals surface area contributed by atoms with E-state index in [1.54, 1.807) is 0 Å². The van der Waals surface area contributed by atoms with Crippen molar-refractivity contribution in [1.82, 2.24) is 4.90 Å². The average Bonchev–Trinajstić information content (AvgIpc) is 2.24. The van der Waals surface area contributed by atoms with E-state index < -0.39 is 0 Å². The minimum absolute atomic E-state index is 0.162. The van der Waals surface area contributed by atoms with Crippen molar-refractivity contribution in [3.8, 4) is 0 Å². The van der Waals surface area contributed by atoms with E-state index in [9.17, 15) is 0 Å². The van der Waals surface area contributed by atoms with E-state index >= 15 is 0 Å². The quantitative estimate of drug-likeness (QED) is 0.433. The van der Waals surface area contributed by atoms with Crippen molar-refractivity contribution >= 4 is 6.72 Å². The molecule has 0 fully saturated rings. The molecule has 2 heteroatoms. The van der Waals surface area contributed by atoms with E-state index in [1.165, 1.54) is 6.42 Å². The zero-order valence-electron chi connectivity index (χ0n) is 11.4. The van der Waals surface area contributed by atoms with Crippen LogP contribution in [-0.2, 0) is 0 Å². The van der Waals surface area contributed by atoms with E-state index in [4.69, 9.17) is 0 Å². The lowest BCUT2D eigenvalue weighted by Gasteiger charge is -2.34. The molecule has 0 aliphatic rings. The van der Waals surface area contributed by atoms with E-state index in [0.717, 1.165) is 19.5 Å². The molecule has 0 aliphatic heterocycles. The SMILES string of the molecule is C=CC(N=C)C(CC)N(CCC)CC(C)C. The minimum atomic E-state index is 0.162. The lowest BCUT2D eigenvalue weighted by Crippen LogP contribution is -2.44. The minimum Gasteiger partial charge on any atom is -0.298 e. The molecule has 0 saturated heterocycles. The van der Waals surface area contributed by atoms with Gasteiger partial charge in [-0.2, -0.15) is 0 Å². The molecule has 0 amide bonds. The molecule has 2 atom stereocenters. The second kappa shape index (κ2) is 8.51. The fraction of sp³-hybridized carbons (Fsp3) is 0.786. The summed E-state index contributed by atoms with van der Waals surface area (Å²) in [5.41, 5.74) is 0. The van der Waals surface area contributed by atoms with Crippen LogP contribution in [0.1, 0.15) is 40.5 Å². The van der Waals surface area contributed by atoms with Crippen molar-refractivity contribution in [1.29, 1.82) is 0 Å². The van der Waals surface area contributed by atoms with Crippen LogP contribution in [0, 0.1) is 5.92 Å². The number of aliphatic imine (C=N–C) groups is 1. The Labute approximate surface area is 101 Å². The van der Waals surface area contributed by atoms with Gasteiger partial charge in [-0.15, -0.1) is 6.58 Å². The number of hydrogen-bond donors (Lipinski definition) is 0. The first-order valence-electron chi connectivity index (χ1n) is 6.43. The molecule has 0 aromatic carbocycles. The van der Waals surface area contributed by atoms with Gasteiger partial charge in [-0.05, 0) is 32.0 Å². The lowest BCUT2D eigenvalue weighted by molar-refractivity contribution is 0.160. The predicted molar refractivity (Wildman–Crippen MR) is 74.3 cm³/mol. The molecule has 0 heterocycles. The highest BCUT2D eigenvalue weighted by Gasteiger charge is 2.22. The van der Waals surface area contributed by atoms with E-state index in [2.05, 4.69) is 50.9 Å². The maximum Gasteiger partial charge on any atom is 0.0825 e. The Balaban J connectivity index is 4.66. The fourth-order valence-corrected chi connectivity index (χ4v) is 2.22. The third-order valence-corrected chi connectivity index (χ3v) is 2.84. The Hall–Kier alpha value is -0.630. The van der Waals surface area contributed by atoms with Gasteiger partial charge in [0, 0.05) is 12.6 Å². The molecule has 0 N–H and O–H groups in total. The molecule has 2 nitrogen and oxygen atoms in total. The largest absolute Gasteiger partial charge is 0.298 e. The maximum absolute atomic E-state index is 4.18. The number of nitrogens with zero attached hydrogens (tertiary/aromatic N) is 2. The van der Waals surface area contributed by atoms with Crippen LogP contribution in [0.25, 0.3) is 0 Å². The van der Waals surface area contributed by atoms with Crippen molar-refractivity contribution in [3.05, 3.63) is 12.7 Å². The first-order valence-corrected chi connectivity index (χ1v) is 6.43. The van der Waals surface area contributed by atoms with Gasteiger partial charge in [-0.25, -0.2) is 0 Å². The van der Waals surface area contributed by atoms with Gasteiger partial charge in [0.1, 0.15) is 0 Å². The average molecular weight is 224 g/mol. The third kappa shape index (κ3) is 4.93. The second-order valence-corrected chi connectivity index (χ2v) is 4.77. The molecular weight excluding hydrogens is 196 g/mol. The summed E-state index contributed by atoms with van der Waals surface area (Å²) in [7, 11) is 0. The fourth-order valence-electron chi connectivity index (χ4n) is 2.22. The molecule has 0 saturated carbocycles. The molecule has 0 aromatic heterocycles. The molecule has 0 spiro atoms. The van der Waals surface area contributed by atoms with Crippen molar-refractivity contribution < 1.29 is 0 Å². The standard InChI is InChI=1S/C14H28N2/c1-7-10-16(11-12(4)5)14(9-3)13(8-2)15-6/h8,12-14H,2,6-7,9-11H2,1,3-5H3. The van der Waals surface area contributed by atoms with Crippen LogP contribution in [-0.4, -0.2) is 36.8 Å². The molecule has 0 rings (SSSR count). The molecule has 94 valence electrons. The summed E-state index contributed by atoms with van der Waals surface area (Å²) >= 11 is 0. The van der Waals surface area contributed by atoms with Crippen LogP contribution in [0.15, 0.2) is 17.6 Å². The molecule has 16 heavy (non-hydrogen) atoms. The van der Waals surface area contributed by atoms with E-state index in [-0.39, 0.29) is 6.04 Å². The summed E-state index contributed by atoms with van der Waals surface area (Å²) in [5.74, 6) is 0.691. The van der Waals surface area contributed by atoms with Gasteiger partial charge in [0.25, 0.3) is 0 Å². The smallest absolute Gasteiger partial charge is 0.0825 e. The molecule has 0 aliphatic carbocycles. The zero-order chi connectivity index (χ0) is 12.6. The van der Waals surface area contributed by atoms with Gasteiger partial charge in [0.05, 0.1) is 6.04 Å². The van der Waals surface area contributed by atoms with Crippen molar-refractivity contribution in [2.45, 2.75) is 52.6 Å². The molecule has 0 bridgehead atoms. The Morgan fingerprint density at radius 3 is 2.25 bits per heavy atom. The van der Waals surface area contributed by atoms with Crippen LogP contribution in [0.4, 0.5) is 0 Å². The van der Waals surface area contributed by atoms with Crippen molar-refractivity contribution in [3.63, 3.8) is 0 Å². The first kappa shape index (κ1) is 15.4. The molecule has 0 aromatic rings. The van der Waals surface area contributed by atoms with Gasteiger partial charge in [0.2, 0.25) is 0 Å². The van der Waals surface area contributed by atoms with Gasteiger partial charge in [-0.1, -0.05) is 33.8 Å². The Bertz CT molecular complexity index is 191. The lowest BCUT2D eigenvalue weighted by atomic mass is 10.0. The Morgan fingerprint density at radius 2 is 1.94 bits per heavy atom. The van der Waals surface area contributed by atoms with Gasteiger partial charge in [0.15, 0.2) is 0 Å². The summed E-state index contributed by atoms with van der Waals surface area (Å²) in [6.07, 6.45) is 4.21. The Morgan fingerprint density at radius 1 is 1.31 bits per heavy atom. The highest BCUT2D eigenvalue weighted by molar-refractivity contribution is 5.26. The van der Waals surface area contributed by atoms with Crippen LogP contribution < -0.4 is 0 Å². The van der Waals surface area contributed by atoms with Gasteiger partial charge >= 0.3 is 0 Å². The second-order valence-electron chi connectivity index (χ2n) is 4.77. The van der Waals surface area contributed by atoms with Gasteiger partial charge in [-0.3, -0.25) is 9.89 Å². The first-order chi connectivity index (χ1) is 7.60. The maximum atomic E-state index is 4.18. The number of rotatable bonds is 9. The summed E-state index contributed by atoms with van der Waals surface area (Å²) < 4.78 is 0.